The van der Waals surface area contributed by atoms with Crippen molar-refractivity contribution in [3.8, 4) is 11.5 Å². The maximum atomic E-state index is 12.9. The molecule has 29 heavy (non-hydrogen) atoms. The zero-order chi connectivity index (χ0) is 20.8. The number of ketones is 1. The first-order valence-electron chi connectivity index (χ1n) is 9.43. The number of benzene rings is 1. The number of fused-ring (bicyclic) bond motifs is 1. The number of hydrogen-bond acceptors (Lipinski definition) is 7. The Hall–Kier alpha value is -2.80. The fourth-order valence-corrected chi connectivity index (χ4v) is 4.40. The molecule has 0 saturated carbocycles. The van der Waals surface area contributed by atoms with Crippen molar-refractivity contribution in [1.82, 2.24) is 10.2 Å². The zero-order valence-electron chi connectivity index (χ0n) is 17.1. The van der Waals surface area contributed by atoms with E-state index in [4.69, 9.17) is 8.83 Å². The van der Waals surface area contributed by atoms with Gasteiger partial charge in [-0.25, -0.2) is 0 Å². The van der Waals surface area contributed by atoms with Crippen molar-refractivity contribution in [2.24, 2.45) is 0 Å². The summed E-state index contributed by atoms with van der Waals surface area (Å²) in [5.74, 6) is 1.12. The maximum absolute atomic E-state index is 12.9. The lowest BCUT2D eigenvalue weighted by atomic mass is 9.83. The van der Waals surface area contributed by atoms with Crippen molar-refractivity contribution in [3.63, 3.8) is 0 Å². The van der Waals surface area contributed by atoms with Crippen LogP contribution in [0.25, 0.3) is 11.5 Å². The highest BCUT2D eigenvalue weighted by atomic mass is 32.2. The quantitative estimate of drug-likeness (QED) is 0.434. The zero-order valence-corrected chi connectivity index (χ0v) is 17.9. The van der Waals surface area contributed by atoms with E-state index in [-0.39, 0.29) is 16.4 Å². The fourth-order valence-electron chi connectivity index (χ4n) is 3.69. The summed E-state index contributed by atoms with van der Waals surface area (Å²) in [5, 5.41) is 8.14. The number of furan rings is 1. The number of allylic oxidation sites excluding steroid dienone is 2. The van der Waals surface area contributed by atoms with Gasteiger partial charge in [-0.05, 0) is 31.5 Å². The van der Waals surface area contributed by atoms with Gasteiger partial charge < -0.3 is 13.7 Å². The van der Waals surface area contributed by atoms with Gasteiger partial charge in [0.25, 0.3) is 11.1 Å². The lowest BCUT2D eigenvalue weighted by Gasteiger charge is -2.24. The number of carbonyl (C=O) groups is 1. The molecule has 0 bridgehead atoms. The van der Waals surface area contributed by atoms with E-state index < -0.39 is 0 Å². The van der Waals surface area contributed by atoms with Gasteiger partial charge in [0.05, 0.1) is 17.1 Å². The number of carbonyl (C=O) groups excluding carboxylic acids is 1. The van der Waals surface area contributed by atoms with E-state index in [1.165, 1.54) is 17.3 Å². The van der Waals surface area contributed by atoms with Crippen LogP contribution in [-0.2, 0) is 10.2 Å². The molecule has 7 heteroatoms. The molecule has 150 valence electrons. The Labute approximate surface area is 174 Å². The van der Waals surface area contributed by atoms with Gasteiger partial charge in [0.1, 0.15) is 5.76 Å². The van der Waals surface area contributed by atoms with Crippen LogP contribution in [0.3, 0.4) is 0 Å². The Morgan fingerprint density at radius 3 is 2.69 bits per heavy atom. The van der Waals surface area contributed by atoms with Gasteiger partial charge in [-0.2, -0.15) is 0 Å². The smallest absolute Gasteiger partial charge is 0.277 e. The number of rotatable bonds is 5. The first kappa shape index (κ1) is 19.5. The molecule has 0 fully saturated rings. The molecule has 1 unspecified atom stereocenters. The minimum Gasteiger partial charge on any atom is -0.469 e. The molecule has 1 aliphatic heterocycles. The van der Waals surface area contributed by atoms with Gasteiger partial charge in [0, 0.05) is 29.9 Å². The number of aryl methyl sites for hydroxylation is 1. The summed E-state index contributed by atoms with van der Waals surface area (Å²) in [6.45, 7) is 7.97. The summed E-state index contributed by atoms with van der Waals surface area (Å²) in [7, 11) is 2.00. The van der Waals surface area contributed by atoms with Gasteiger partial charge >= 0.3 is 0 Å². The van der Waals surface area contributed by atoms with Crippen LogP contribution >= 0.6 is 11.8 Å². The number of likely N-dealkylation sites (N-methyl/N-ethyl adjacent to an activating group) is 1. The summed E-state index contributed by atoms with van der Waals surface area (Å²) in [5.41, 5.74) is 3.86. The van der Waals surface area contributed by atoms with Crippen molar-refractivity contribution in [2.45, 2.75) is 43.6 Å². The Morgan fingerprint density at radius 2 is 2.00 bits per heavy atom. The van der Waals surface area contributed by atoms with Gasteiger partial charge in [0.15, 0.2) is 5.78 Å². The van der Waals surface area contributed by atoms with E-state index in [1.807, 2.05) is 33.0 Å². The second-order valence-electron chi connectivity index (χ2n) is 7.66. The highest BCUT2D eigenvalue weighted by Crippen LogP contribution is 2.46. The molecule has 0 radical (unpaired) electrons. The molecule has 0 N–H and O–H groups in total. The average molecular weight is 410 g/mol. The van der Waals surface area contributed by atoms with E-state index in [0.717, 1.165) is 16.9 Å². The van der Waals surface area contributed by atoms with Crippen LogP contribution < -0.4 is 4.90 Å². The Morgan fingerprint density at radius 1 is 1.24 bits per heavy atom. The highest BCUT2D eigenvalue weighted by Gasteiger charge is 2.38. The Kier molecular flexibility index (Phi) is 4.86. The summed E-state index contributed by atoms with van der Waals surface area (Å²) in [4.78, 5) is 15.0. The van der Waals surface area contributed by atoms with Gasteiger partial charge in [0.2, 0.25) is 0 Å². The Bertz CT molecular complexity index is 1100. The Balaban J connectivity index is 1.52. The molecule has 2 aromatic heterocycles. The van der Waals surface area contributed by atoms with Gasteiger partial charge in [-0.3, -0.25) is 4.79 Å². The average Bonchev–Trinajstić information content (AvgIpc) is 3.37. The molecule has 0 spiro atoms. The minimum atomic E-state index is -0.353. The minimum absolute atomic E-state index is 0.0111. The van der Waals surface area contributed by atoms with Crippen LogP contribution in [-0.4, -0.2) is 28.3 Å². The van der Waals surface area contributed by atoms with E-state index in [9.17, 15) is 4.79 Å². The number of para-hydroxylation sites is 1. The van der Waals surface area contributed by atoms with Crippen LogP contribution in [0.2, 0.25) is 0 Å². The second-order valence-corrected chi connectivity index (χ2v) is 8.95. The van der Waals surface area contributed by atoms with Crippen LogP contribution in [0.15, 0.2) is 62.4 Å². The van der Waals surface area contributed by atoms with E-state index >= 15 is 0 Å². The molecular formula is C22H23N3O3S. The summed E-state index contributed by atoms with van der Waals surface area (Å²) < 4.78 is 11.0. The summed E-state index contributed by atoms with van der Waals surface area (Å²) in [6, 6.07) is 10.0. The van der Waals surface area contributed by atoms with E-state index in [0.29, 0.717) is 16.9 Å². The van der Waals surface area contributed by atoms with Gasteiger partial charge in [-0.15, -0.1) is 10.2 Å². The first-order chi connectivity index (χ1) is 13.8. The van der Waals surface area contributed by atoms with E-state index in [2.05, 4.69) is 41.1 Å². The topological polar surface area (TPSA) is 72.4 Å². The summed E-state index contributed by atoms with van der Waals surface area (Å²) >= 11 is 1.26. The monoisotopic (exact) mass is 409 g/mol. The molecule has 6 nitrogen and oxygen atoms in total. The van der Waals surface area contributed by atoms with Crippen molar-refractivity contribution in [3.05, 3.63) is 59.7 Å². The molecule has 1 aromatic carbocycles. The molecular weight excluding hydrogens is 386 g/mol. The third-order valence-corrected chi connectivity index (χ3v) is 6.35. The third-order valence-electron chi connectivity index (χ3n) is 5.39. The van der Waals surface area contributed by atoms with Crippen LogP contribution in [0.5, 0.6) is 0 Å². The number of thioether (sulfide) groups is 1. The molecule has 3 aromatic rings. The maximum Gasteiger partial charge on any atom is 0.277 e. The molecule has 3 heterocycles. The fraction of sp³-hybridized carbons (Fsp3) is 0.318. The highest BCUT2D eigenvalue weighted by molar-refractivity contribution is 8.00. The van der Waals surface area contributed by atoms with Crippen molar-refractivity contribution in [2.75, 3.05) is 11.9 Å². The third kappa shape index (κ3) is 3.40. The SMILES string of the molecule is Cc1occc1-c1nnc(SC(C)C(=O)/C=C2\N(C)c3ccccc3C2(C)C)o1. The standard InChI is InChI=1S/C22H23N3O3S/c1-13-15(10-11-27-13)20-23-24-21(28-20)29-14(2)18(26)12-19-22(3,4)16-8-6-7-9-17(16)25(19)5/h6-12,14H,1-5H3/b19-12-. The molecule has 0 amide bonds. The normalized spacial score (nSPS) is 17.6. The molecule has 1 aliphatic rings. The van der Waals surface area contributed by atoms with Crippen molar-refractivity contribution < 1.29 is 13.6 Å². The predicted molar refractivity (Wildman–Crippen MR) is 113 cm³/mol. The van der Waals surface area contributed by atoms with Crippen LogP contribution in [0.1, 0.15) is 32.1 Å². The molecule has 1 atom stereocenters. The van der Waals surface area contributed by atoms with E-state index in [1.54, 1.807) is 18.4 Å². The first-order valence-corrected chi connectivity index (χ1v) is 10.3. The van der Waals surface area contributed by atoms with Crippen LogP contribution in [0.4, 0.5) is 5.69 Å². The predicted octanol–water partition coefficient (Wildman–Crippen LogP) is 5.00. The number of anilines is 1. The van der Waals surface area contributed by atoms with Gasteiger partial charge in [-0.1, -0.05) is 43.8 Å². The number of hydrogen-bond donors (Lipinski definition) is 0. The molecule has 4 rings (SSSR count). The summed E-state index contributed by atoms with van der Waals surface area (Å²) in [6.07, 6.45) is 3.33. The van der Waals surface area contributed by atoms with Crippen molar-refractivity contribution >= 4 is 23.2 Å². The van der Waals surface area contributed by atoms with Crippen molar-refractivity contribution in [1.29, 1.82) is 0 Å². The second kappa shape index (κ2) is 7.22. The lowest BCUT2D eigenvalue weighted by Crippen LogP contribution is -2.25. The van der Waals surface area contributed by atoms with Crippen LogP contribution in [0, 0.1) is 6.92 Å². The lowest BCUT2D eigenvalue weighted by molar-refractivity contribution is -0.114. The largest absolute Gasteiger partial charge is 0.469 e. The number of nitrogens with zero attached hydrogens (tertiary/aromatic N) is 3. The number of aromatic nitrogens is 2. The molecule has 0 aliphatic carbocycles. The molecule has 0 saturated heterocycles.